The first-order valence-corrected chi connectivity index (χ1v) is 5.79. The van der Waals surface area contributed by atoms with Gasteiger partial charge in [-0.1, -0.05) is 0 Å². The number of aromatic amines is 1. The summed E-state index contributed by atoms with van der Waals surface area (Å²) in [4.78, 5) is 14.3. The second kappa shape index (κ2) is 3.70. The maximum Gasteiger partial charge on any atom is 0.316 e. The van der Waals surface area contributed by atoms with Gasteiger partial charge in [-0.25, -0.2) is 4.98 Å². The summed E-state index contributed by atoms with van der Waals surface area (Å²) < 4.78 is 5.08. The van der Waals surface area contributed by atoms with Crippen LogP contribution >= 0.6 is 0 Å². The Morgan fingerprint density at radius 3 is 3.12 bits per heavy atom. The van der Waals surface area contributed by atoms with Gasteiger partial charge < -0.3 is 9.72 Å². The Kier molecular flexibility index (Phi) is 2.29. The Morgan fingerprint density at radius 2 is 2.35 bits per heavy atom. The molecule has 17 heavy (non-hydrogen) atoms. The van der Waals surface area contributed by atoms with Gasteiger partial charge >= 0.3 is 6.01 Å². The lowest BCUT2D eigenvalue weighted by atomic mass is 10.0. The molecule has 0 bridgehead atoms. The Balaban J connectivity index is 2.17. The molecule has 3 rings (SSSR count). The molecule has 1 atom stereocenters. The molecule has 1 N–H and O–H groups in total. The lowest BCUT2D eigenvalue weighted by molar-refractivity contribution is 0.229. The predicted molar refractivity (Wildman–Crippen MR) is 65.1 cm³/mol. The zero-order valence-electron chi connectivity index (χ0n) is 10.3. The van der Waals surface area contributed by atoms with Crippen molar-refractivity contribution in [3.63, 3.8) is 0 Å². The fourth-order valence-corrected chi connectivity index (χ4v) is 2.38. The van der Waals surface area contributed by atoms with E-state index in [1.54, 1.807) is 13.3 Å². The summed E-state index contributed by atoms with van der Waals surface area (Å²) in [5.41, 5.74) is 4.57. The first-order chi connectivity index (χ1) is 8.19. The number of aromatic nitrogens is 3. The highest BCUT2D eigenvalue weighted by Gasteiger charge is 2.24. The fourth-order valence-electron chi connectivity index (χ4n) is 2.38. The Morgan fingerprint density at radius 1 is 1.53 bits per heavy atom. The number of ether oxygens (including phenoxy) is 1. The molecule has 0 aromatic carbocycles. The molecule has 1 aliphatic heterocycles. The lowest BCUT2D eigenvalue weighted by Gasteiger charge is -2.29. The summed E-state index contributed by atoms with van der Waals surface area (Å²) in [6.07, 6.45) is 2.82. The summed E-state index contributed by atoms with van der Waals surface area (Å²) in [5, 5.41) is 0. The quantitative estimate of drug-likeness (QED) is 0.806. The average Bonchev–Trinajstić information content (AvgIpc) is 2.67. The van der Waals surface area contributed by atoms with E-state index in [-0.39, 0.29) is 0 Å². The molecule has 0 spiro atoms. The van der Waals surface area contributed by atoms with Gasteiger partial charge in [0.2, 0.25) is 0 Å². The number of H-pyrrole nitrogens is 1. The normalized spacial score (nSPS) is 20.5. The van der Waals surface area contributed by atoms with E-state index in [0.29, 0.717) is 12.1 Å². The van der Waals surface area contributed by atoms with Crippen LogP contribution in [0, 0.1) is 0 Å². The molecular formula is C12H16N4O. The van der Waals surface area contributed by atoms with Gasteiger partial charge in [0.15, 0.2) is 0 Å². The summed E-state index contributed by atoms with van der Waals surface area (Å²) in [7, 11) is 3.74. The van der Waals surface area contributed by atoms with Crippen molar-refractivity contribution >= 4 is 11.0 Å². The van der Waals surface area contributed by atoms with E-state index in [1.807, 2.05) is 0 Å². The number of nitrogens with zero attached hydrogens (tertiary/aromatic N) is 3. The minimum absolute atomic E-state index is 0.436. The van der Waals surface area contributed by atoms with Crippen LogP contribution in [0.25, 0.3) is 11.0 Å². The molecule has 3 heterocycles. The second-order valence-corrected chi connectivity index (χ2v) is 4.67. The average molecular weight is 232 g/mol. The van der Waals surface area contributed by atoms with Crippen molar-refractivity contribution in [1.82, 2.24) is 19.9 Å². The van der Waals surface area contributed by atoms with Crippen LogP contribution in [0.2, 0.25) is 0 Å². The first-order valence-electron chi connectivity index (χ1n) is 5.79. The first kappa shape index (κ1) is 10.5. The molecule has 2 aromatic rings. The molecule has 0 aliphatic carbocycles. The number of methoxy groups -OCH3 is 1. The Bertz CT molecular complexity index is 563. The highest BCUT2D eigenvalue weighted by atomic mass is 16.5. The third-order valence-electron chi connectivity index (χ3n) is 3.54. The van der Waals surface area contributed by atoms with Crippen molar-refractivity contribution in [2.24, 2.45) is 0 Å². The molecule has 0 amide bonds. The van der Waals surface area contributed by atoms with Crippen LogP contribution < -0.4 is 4.74 Å². The largest absolute Gasteiger partial charge is 0.467 e. The van der Waals surface area contributed by atoms with E-state index in [9.17, 15) is 0 Å². The third kappa shape index (κ3) is 1.58. The van der Waals surface area contributed by atoms with E-state index in [0.717, 1.165) is 24.0 Å². The highest BCUT2D eigenvalue weighted by molar-refractivity contribution is 5.80. The minimum Gasteiger partial charge on any atom is -0.467 e. The van der Waals surface area contributed by atoms with Gasteiger partial charge in [-0.2, -0.15) is 4.98 Å². The number of rotatable bonds is 1. The summed E-state index contributed by atoms with van der Waals surface area (Å²) in [6.45, 7) is 3.18. The van der Waals surface area contributed by atoms with Crippen molar-refractivity contribution in [1.29, 1.82) is 0 Å². The minimum atomic E-state index is 0.436. The Hall–Kier alpha value is -1.62. The number of fused-ring (bicyclic) bond motifs is 3. The molecule has 1 aliphatic rings. The van der Waals surface area contributed by atoms with Crippen LogP contribution in [-0.4, -0.2) is 40.1 Å². The predicted octanol–water partition coefficient (Wildman–Crippen LogP) is 1.34. The molecule has 0 unspecified atom stereocenters. The zero-order chi connectivity index (χ0) is 12.0. The molecule has 5 nitrogen and oxygen atoms in total. The lowest BCUT2D eigenvalue weighted by Crippen LogP contribution is -2.34. The summed E-state index contributed by atoms with van der Waals surface area (Å²) >= 11 is 0. The summed E-state index contributed by atoms with van der Waals surface area (Å²) in [6, 6.07) is 0.980. The van der Waals surface area contributed by atoms with Gasteiger partial charge in [0.25, 0.3) is 0 Å². The molecule has 5 heteroatoms. The van der Waals surface area contributed by atoms with Crippen LogP contribution in [-0.2, 0) is 13.0 Å². The number of hydrogen-bond acceptors (Lipinski definition) is 4. The van der Waals surface area contributed by atoms with E-state index in [1.165, 1.54) is 11.3 Å². The highest BCUT2D eigenvalue weighted by Crippen LogP contribution is 2.28. The fraction of sp³-hybridized carbons (Fsp3) is 0.500. The Labute approximate surface area is 99.8 Å². The van der Waals surface area contributed by atoms with Crippen molar-refractivity contribution in [2.75, 3.05) is 14.2 Å². The standard InChI is InChI=1S/C12H16N4O/c1-7-4-8-10(6-16(7)2)14-9-5-13-12(17-3)15-11(8)9/h5,7,14H,4,6H2,1-3H3/t7-/m0/s1. The molecule has 0 radical (unpaired) electrons. The topological polar surface area (TPSA) is 54.0 Å². The van der Waals surface area contributed by atoms with Crippen molar-refractivity contribution in [3.05, 3.63) is 17.5 Å². The van der Waals surface area contributed by atoms with Crippen LogP contribution in [0.5, 0.6) is 6.01 Å². The van der Waals surface area contributed by atoms with Crippen molar-refractivity contribution in [2.45, 2.75) is 25.9 Å². The number of nitrogens with one attached hydrogen (secondary N) is 1. The molecule has 0 saturated carbocycles. The van der Waals surface area contributed by atoms with Crippen molar-refractivity contribution in [3.8, 4) is 6.01 Å². The van der Waals surface area contributed by atoms with Gasteiger partial charge in [0.1, 0.15) is 0 Å². The number of hydrogen-bond donors (Lipinski definition) is 1. The SMILES string of the molecule is COc1ncc2[nH]c3c(c2n1)C[C@H](C)N(C)C3. The molecule has 2 aromatic heterocycles. The van der Waals surface area contributed by atoms with E-state index < -0.39 is 0 Å². The van der Waals surface area contributed by atoms with Gasteiger partial charge in [0.05, 0.1) is 24.3 Å². The van der Waals surface area contributed by atoms with Gasteiger partial charge in [-0.15, -0.1) is 0 Å². The molecule has 90 valence electrons. The van der Waals surface area contributed by atoms with Crippen LogP contribution in [0.1, 0.15) is 18.2 Å². The molecular weight excluding hydrogens is 216 g/mol. The maximum atomic E-state index is 5.08. The number of likely N-dealkylation sites (N-methyl/N-ethyl adjacent to an activating group) is 1. The monoisotopic (exact) mass is 232 g/mol. The molecule has 0 fully saturated rings. The van der Waals surface area contributed by atoms with Gasteiger partial charge in [0, 0.05) is 23.8 Å². The van der Waals surface area contributed by atoms with Crippen LogP contribution in [0.15, 0.2) is 6.20 Å². The zero-order valence-corrected chi connectivity index (χ0v) is 10.3. The van der Waals surface area contributed by atoms with E-state index in [2.05, 4.69) is 33.8 Å². The van der Waals surface area contributed by atoms with Crippen molar-refractivity contribution < 1.29 is 4.74 Å². The molecule has 0 saturated heterocycles. The van der Waals surface area contributed by atoms with Gasteiger partial charge in [-0.3, -0.25) is 4.90 Å². The van der Waals surface area contributed by atoms with Crippen LogP contribution in [0.4, 0.5) is 0 Å². The maximum absolute atomic E-state index is 5.08. The van der Waals surface area contributed by atoms with Gasteiger partial charge in [-0.05, 0) is 20.4 Å². The van der Waals surface area contributed by atoms with Crippen LogP contribution in [0.3, 0.4) is 0 Å². The smallest absolute Gasteiger partial charge is 0.316 e. The third-order valence-corrected chi connectivity index (χ3v) is 3.54. The van der Waals surface area contributed by atoms with E-state index >= 15 is 0 Å². The van der Waals surface area contributed by atoms with E-state index in [4.69, 9.17) is 4.74 Å². The second-order valence-electron chi connectivity index (χ2n) is 4.67. The summed E-state index contributed by atoms with van der Waals surface area (Å²) in [5.74, 6) is 0.